The van der Waals surface area contributed by atoms with Crippen molar-refractivity contribution in [2.45, 2.75) is 6.92 Å². The lowest BCUT2D eigenvalue weighted by atomic mass is 10.1. The van der Waals surface area contributed by atoms with E-state index in [2.05, 4.69) is 10.1 Å². The number of para-hydroxylation sites is 1. The molecule has 0 N–H and O–H groups in total. The Morgan fingerprint density at radius 3 is 2.71 bits per heavy atom. The molecule has 4 heterocycles. The number of rotatable bonds is 3. The standard InChI is InChI=1S/C20H14N4O2S2/c1-2-23-14-8-4-3-7-13(14)16(18(23)25)17-19(26)24-20(28-17)21-15(22-24)10-9-12-6-5-11-27-12/h3-11H,2H2,1H3/b10-9+,17-16-. The van der Waals surface area contributed by atoms with Crippen LogP contribution >= 0.6 is 22.7 Å². The van der Waals surface area contributed by atoms with Gasteiger partial charge in [-0.1, -0.05) is 35.6 Å². The number of carbonyl (C=O) groups excluding carboxylic acids is 1. The molecule has 4 aromatic rings. The van der Waals surface area contributed by atoms with E-state index in [1.165, 1.54) is 15.9 Å². The van der Waals surface area contributed by atoms with Gasteiger partial charge in [0.05, 0.1) is 11.3 Å². The Kier molecular flexibility index (Phi) is 3.96. The molecule has 1 aliphatic heterocycles. The van der Waals surface area contributed by atoms with Crippen molar-refractivity contribution in [3.8, 4) is 0 Å². The molecule has 1 amide bonds. The molecule has 0 fully saturated rings. The van der Waals surface area contributed by atoms with Crippen molar-refractivity contribution in [3.05, 3.63) is 72.9 Å². The molecular formula is C20H14N4O2S2. The summed E-state index contributed by atoms with van der Waals surface area (Å²) in [6.07, 6.45) is 3.70. The Bertz CT molecular complexity index is 1350. The van der Waals surface area contributed by atoms with Crippen LogP contribution in [-0.2, 0) is 4.79 Å². The number of thiazole rings is 1. The highest BCUT2D eigenvalue weighted by Gasteiger charge is 2.33. The molecule has 1 aliphatic rings. The quantitative estimate of drug-likeness (QED) is 0.525. The summed E-state index contributed by atoms with van der Waals surface area (Å²) in [5.41, 5.74) is 1.76. The minimum absolute atomic E-state index is 0.150. The highest BCUT2D eigenvalue weighted by molar-refractivity contribution is 7.15. The van der Waals surface area contributed by atoms with Crippen molar-refractivity contribution in [3.63, 3.8) is 0 Å². The Morgan fingerprint density at radius 1 is 1.11 bits per heavy atom. The van der Waals surface area contributed by atoms with E-state index in [1.807, 2.05) is 54.8 Å². The van der Waals surface area contributed by atoms with Crippen LogP contribution in [0.15, 0.2) is 46.6 Å². The van der Waals surface area contributed by atoms with E-state index in [0.29, 0.717) is 27.4 Å². The van der Waals surface area contributed by atoms with E-state index in [-0.39, 0.29) is 11.5 Å². The smallest absolute Gasteiger partial charge is 0.291 e. The number of nitrogens with zero attached hydrogens (tertiary/aromatic N) is 4. The van der Waals surface area contributed by atoms with Gasteiger partial charge in [0.15, 0.2) is 5.82 Å². The van der Waals surface area contributed by atoms with Crippen LogP contribution in [0.2, 0.25) is 0 Å². The Morgan fingerprint density at radius 2 is 1.96 bits per heavy atom. The van der Waals surface area contributed by atoms with Crippen molar-refractivity contribution in [1.29, 1.82) is 0 Å². The number of likely N-dealkylation sites (N-methyl/N-ethyl adjacent to an activating group) is 1. The number of fused-ring (bicyclic) bond motifs is 2. The first-order valence-corrected chi connectivity index (χ1v) is 10.4. The minimum Gasteiger partial charge on any atom is -0.308 e. The third-order valence-corrected chi connectivity index (χ3v) is 6.45. The molecule has 0 unspecified atom stereocenters. The van der Waals surface area contributed by atoms with Crippen molar-refractivity contribution < 1.29 is 4.79 Å². The Labute approximate surface area is 167 Å². The average Bonchev–Trinajstić information content (AvgIpc) is 3.45. The first-order valence-electron chi connectivity index (χ1n) is 8.74. The van der Waals surface area contributed by atoms with Crippen molar-refractivity contribution in [2.24, 2.45) is 0 Å². The first kappa shape index (κ1) is 17.0. The van der Waals surface area contributed by atoms with Gasteiger partial charge in [-0.15, -0.1) is 16.4 Å². The largest absolute Gasteiger partial charge is 0.308 e. The van der Waals surface area contributed by atoms with E-state index in [4.69, 9.17) is 0 Å². The molecule has 5 rings (SSSR count). The van der Waals surface area contributed by atoms with Gasteiger partial charge in [-0.3, -0.25) is 9.59 Å². The van der Waals surface area contributed by atoms with Crippen LogP contribution in [0.25, 0.3) is 22.7 Å². The van der Waals surface area contributed by atoms with Crippen molar-refractivity contribution >= 4 is 57.0 Å². The molecule has 28 heavy (non-hydrogen) atoms. The lowest BCUT2D eigenvalue weighted by molar-refractivity contribution is -0.113. The molecular weight excluding hydrogens is 392 g/mol. The molecule has 6 nitrogen and oxygen atoms in total. The maximum atomic E-state index is 13.0. The summed E-state index contributed by atoms with van der Waals surface area (Å²) in [4.78, 5) is 33.6. The summed E-state index contributed by atoms with van der Waals surface area (Å²) >= 11 is 2.82. The van der Waals surface area contributed by atoms with E-state index >= 15 is 0 Å². The third-order valence-electron chi connectivity index (χ3n) is 4.58. The fourth-order valence-corrected chi connectivity index (χ4v) is 4.95. The molecule has 138 valence electrons. The predicted octanol–water partition coefficient (Wildman–Crippen LogP) is 2.67. The normalized spacial score (nSPS) is 15.9. The number of carbonyl (C=O) groups is 1. The highest BCUT2D eigenvalue weighted by atomic mass is 32.1. The van der Waals surface area contributed by atoms with Gasteiger partial charge in [0, 0.05) is 17.0 Å². The SMILES string of the molecule is CCN1C(=O)/C(=c2\sc3nc(/C=C/c4cccs4)nn3c2=O)c2ccccc21. The lowest BCUT2D eigenvalue weighted by Crippen LogP contribution is -2.32. The molecule has 0 radical (unpaired) electrons. The number of anilines is 1. The fourth-order valence-electron chi connectivity index (χ4n) is 3.33. The molecule has 0 saturated heterocycles. The molecule has 0 bridgehead atoms. The summed E-state index contributed by atoms with van der Waals surface area (Å²) < 4.78 is 1.67. The van der Waals surface area contributed by atoms with E-state index in [0.717, 1.165) is 16.1 Å². The average molecular weight is 406 g/mol. The summed E-state index contributed by atoms with van der Waals surface area (Å²) in [5, 5.41) is 6.30. The maximum Gasteiger partial charge on any atom is 0.291 e. The monoisotopic (exact) mass is 406 g/mol. The van der Waals surface area contributed by atoms with E-state index in [1.54, 1.807) is 22.3 Å². The zero-order valence-electron chi connectivity index (χ0n) is 14.8. The van der Waals surface area contributed by atoms with Crippen LogP contribution in [0.3, 0.4) is 0 Å². The molecule has 1 aromatic carbocycles. The number of hydrogen-bond donors (Lipinski definition) is 0. The van der Waals surface area contributed by atoms with Crippen LogP contribution in [0.1, 0.15) is 23.2 Å². The number of hydrogen-bond acceptors (Lipinski definition) is 6. The summed E-state index contributed by atoms with van der Waals surface area (Å²) in [6, 6.07) is 11.5. The summed E-state index contributed by atoms with van der Waals surface area (Å²) in [5.74, 6) is 0.324. The first-order chi connectivity index (χ1) is 13.7. The van der Waals surface area contributed by atoms with E-state index < -0.39 is 0 Å². The molecule has 0 saturated carbocycles. The Hall–Kier alpha value is -3.10. The molecule has 0 aliphatic carbocycles. The highest BCUT2D eigenvalue weighted by Crippen LogP contribution is 2.34. The van der Waals surface area contributed by atoms with Gasteiger partial charge in [-0.05, 0) is 36.6 Å². The Balaban J connectivity index is 1.66. The number of thiophene rings is 1. The van der Waals surface area contributed by atoms with Gasteiger partial charge in [0.1, 0.15) is 4.53 Å². The summed E-state index contributed by atoms with van der Waals surface area (Å²) in [7, 11) is 0. The second-order valence-corrected chi connectivity index (χ2v) is 8.15. The minimum atomic E-state index is -0.306. The van der Waals surface area contributed by atoms with Crippen LogP contribution in [0.5, 0.6) is 0 Å². The van der Waals surface area contributed by atoms with Gasteiger partial charge >= 0.3 is 0 Å². The number of amides is 1. The zero-order chi connectivity index (χ0) is 19.3. The lowest BCUT2D eigenvalue weighted by Gasteiger charge is -2.13. The predicted molar refractivity (Wildman–Crippen MR) is 113 cm³/mol. The second kappa shape index (κ2) is 6.50. The third kappa shape index (κ3) is 2.53. The number of aromatic nitrogens is 3. The molecule has 0 atom stereocenters. The second-order valence-electron chi connectivity index (χ2n) is 6.19. The molecule has 3 aromatic heterocycles. The summed E-state index contributed by atoms with van der Waals surface area (Å²) in [6.45, 7) is 2.47. The van der Waals surface area contributed by atoms with Gasteiger partial charge in [0.2, 0.25) is 4.96 Å². The van der Waals surface area contributed by atoms with Gasteiger partial charge in [0.25, 0.3) is 11.5 Å². The number of benzene rings is 1. The van der Waals surface area contributed by atoms with Crippen LogP contribution in [0.4, 0.5) is 5.69 Å². The van der Waals surface area contributed by atoms with Crippen LogP contribution in [0, 0.1) is 0 Å². The maximum absolute atomic E-state index is 13.0. The fraction of sp³-hybridized carbons (Fsp3) is 0.100. The van der Waals surface area contributed by atoms with Crippen molar-refractivity contribution in [2.75, 3.05) is 11.4 Å². The van der Waals surface area contributed by atoms with Crippen LogP contribution in [-0.4, -0.2) is 27.0 Å². The van der Waals surface area contributed by atoms with Gasteiger partial charge in [-0.2, -0.15) is 9.50 Å². The molecule has 0 spiro atoms. The van der Waals surface area contributed by atoms with Crippen molar-refractivity contribution in [1.82, 2.24) is 14.6 Å². The molecule has 8 heteroatoms. The topological polar surface area (TPSA) is 67.6 Å². The van der Waals surface area contributed by atoms with Gasteiger partial charge in [-0.25, -0.2) is 0 Å². The van der Waals surface area contributed by atoms with Gasteiger partial charge < -0.3 is 4.90 Å². The van der Waals surface area contributed by atoms with Crippen LogP contribution < -0.4 is 15.0 Å². The van der Waals surface area contributed by atoms with E-state index in [9.17, 15) is 9.59 Å². The zero-order valence-corrected chi connectivity index (χ0v) is 16.5.